The molecular weight excluding hydrogens is 277 g/mol. The van der Waals surface area contributed by atoms with E-state index in [2.05, 4.69) is 5.32 Å². The van der Waals surface area contributed by atoms with Gasteiger partial charge in [0.2, 0.25) is 5.91 Å². The Morgan fingerprint density at radius 1 is 1.25 bits per heavy atom. The van der Waals surface area contributed by atoms with Gasteiger partial charge in [-0.25, -0.2) is 4.39 Å². The molecule has 0 radical (unpaired) electrons. The maximum Gasteiger partial charge on any atom is 0.224 e. The number of halogens is 2. The first-order chi connectivity index (χ1) is 9.56. The molecule has 104 valence electrons. The van der Waals surface area contributed by atoms with E-state index < -0.39 is 5.82 Å². The zero-order chi connectivity index (χ0) is 14.5. The summed E-state index contributed by atoms with van der Waals surface area (Å²) in [7, 11) is 0. The molecule has 0 fully saturated rings. The van der Waals surface area contributed by atoms with Crippen LogP contribution in [0.1, 0.15) is 24.8 Å². The lowest BCUT2D eigenvalue weighted by molar-refractivity contribution is -0.116. The van der Waals surface area contributed by atoms with Crippen molar-refractivity contribution in [3.8, 4) is 0 Å². The summed E-state index contributed by atoms with van der Waals surface area (Å²) < 4.78 is 13.0. The van der Waals surface area contributed by atoms with Crippen molar-refractivity contribution in [1.29, 1.82) is 0 Å². The molecule has 0 spiro atoms. The lowest BCUT2D eigenvalue weighted by Gasteiger charge is -2.12. The average Bonchev–Trinajstić information content (AvgIpc) is 2.44. The Kier molecular flexibility index (Phi) is 4.74. The van der Waals surface area contributed by atoms with Gasteiger partial charge in [0.25, 0.3) is 0 Å². The molecule has 4 heteroatoms. The fourth-order valence-corrected chi connectivity index (χ4v) is 2.14. The minimum Gasteiger partial charge on any atom is -0.326 e. The fourth-order valence-electron chi connectivity index (χ4n) is 1.96. The van der Waals surface area contributed by atoms with Crippen molar-refractivity contribution in [1.82, 2.24) is 0 Å². The molecule has 0 unspecified atom stereocenters. The molecule has 2 aromatic rings. The Morgan fingerprint density at radius 2 is 1.95 bits per heavy atom. The molecule has 0 heterocycles. The predicted octanol–water partition coefficient (Wildman–Crippen LogP) is 4.61. The summed E-state index contributed by atoms with van der Waals surface area (Å²) in [6, 6.07) is 14.0. The molecular formula is C16H15ClFNO. The second kappa shape index (κ2) is 6.53. The number of amides is 1. The van der Waals surface area contributed by atoms with Crippen molar-refractivity contribution in [2.45, 2.75) is 19.3 Å². The van der Waals surface area contributed by atoms with E-state index in [9.17, 15) is 9.18 Å². The maximum atomic E-state index is 13.0. The van der Waals surface area contributed by atoms with E-state index in [-0.39, 0.29) is 16.8 Å². The molecule has 0 aliphatic rings. The van der Waals surface area contributed by atoms with Crippen LogP contribution in [0.3, 0.4) is 0 Å². The van der Waals surface area contributed by atoms with E-state index >= 15 is 0 Å². The number of rotatable bonds is 4. The fraction of sp³-hybridized carbons (Fsp3) is 0.188. The highest BCUT2D eigenvalue weighted by molar-refractivity contribution is 6.31. The summed E-state index contributed by atoms with van der Waals surface area (Å²) >= 11 is 5.67. The first-order valence-electron chi connectivity index (χ1n) is 6.36. The molecule has 0 aliphatic carbocycles. The zero-order valence-electron chi connectivity index (χ0n) is 11.1. The van der Waals surface area contributed by atoms with Gasteiger partial charge < -0.3 is 5.32 Å². The number of nitrogens with one attached hydrogen (secondary N) is 1. The number of hydrogen-bond acceptors (Lipinski definition) is 1. The summed E-state index contributed by atoms with van der Waals surface area (Å²) in [5, 5.41) is 2.72. The minimum absolute atomic E-state index is 0.00101. The van der Waals surface area contributed by atoms with Crippen LogP contribution in [0.25, 0.3) is 0 Å². The Balaban J connectivity index is 1.97. The summed E-state index contributed by atoms with van der Waals surface area (Å²) in [6.45, 7) is 1.99. The highest BCUT2D eigenvalue weighted by Crippen LogP contribution is 2.22. The smallest absolute Gasteiger partial charge is 0.224 e. The topological polar surface area (TPSA) is 29.1 Å². The summed E-state index contributed by atoms with van der Waals surface area (Å²) in [5.41, 5.74) is 1.61. The molecule has 0 bridgehead atoms. The number of hydrogen-bond donors (Lipinski definition) is 1. The summed E-state index contributed by atoms with van der Waals surface area (Å²) in [4.78, 5) is 11.9. The molecule has 0 saturated heterocycles. The van der Waals surface area contributed by atoms with Crippen LogP contribution < -0.4 is 5.32 Å². The Morgan fingerprint density at radius 3 is 2.60 bits per heavy atom. The molecule has 0 aromatic heterocycles. The van der Waals surface area contributed by atoms with Gasteiger partial charge in [0.1, 0.15) is 5.82 Å². The first kappa shape index (κ1) is 14.5. The highest BCUT2D eigenvalue weighted by atomic mass is 35.5. The van der Waals surface area contributed by atoms with E-state index in [4.69, 9.17) is 11.6 Å². The van der Waals surface area contributed by atoms with E-state index in [0.717, 1.165) is 5.56 Å². The largest absolute Gasteiger partial charge is 0.326 e. The van der Waals surface area contributed by atoms with Crippen molar-refractivity contribution in [2.24, 2.45) is 0 Å². The van der Waals surface area contributed by atoms with Gasteiger partial charge in [-0.1, -0.05) is 48.9 Å². The van der Waals surface area contributed by atoms with Crippen LogP contribution in [0.4, 0.5) is 10.1 Å². The standard InChI is InChI=1S/C16H15ClFNO/c1-11(12-5-3-2-4-6-12)9-16(20)19-13-7-8-15(18)14(17)10-13/h2-8,10-11H,9H2,1H3,(H,19,20)/t11-/m0/s1. The van der Waals surface area contributed by atoms with Gasteiger partial charge in [0.05, 0.1) is 5.02 Å². The minimum atomic E-state index is -0.498. The number of anilines is 1. The summed E-state index contributed by atoms with van der Waals surface area (Å²) in [5.74, 6) is -0.501. The normalized spacial score (nSPS) is 11.9. The molecule has 20 heavy (non-hydrogen) atoms. The second-order valence-electron chi connectivity index (χ2n) is 4.69. The van der Waals surface area contributed by atoms with Crippen LogP contribution in [-0.2, 0) is 4.79 Å². The Bertz CT molecular complexity index is 601. The number of benzene rings is 2. The molecule has 1 N–H and O–H groups in total. The van der Waals surface area contributed by atoms with Crippen LogP contribution >= 0.6 is 11.6 Å². The van der Waals surface area contributed by atoms with Gasteiger partial charge in [-0.2, -0.15) is 0 Å². The van der Waals surface area contributed by atoms with E-state index in [1.165, 1.54) is 18.2 Å². The van der Waals surface area contributed by atoms with Crippen LogP contribution in [0, 0.1) is 5.82 Å². The molecule has 0 aliphatic heterocycles. The highest BCUT2D eigenvalue weighted by Gasteiger charge is 2.11. The Hall–Kier alpha value is -1.87. The number of carbonyl (C=O) groups is 1. The van der Waals surface area contributed by atoms with Crippen molar-refractivity contribution in [3.63, 3.8) is 0 Å². The van der Waals surface area contributed by atoms with Gasteiger partial charge in [0.15, 0.2) is 0 Å². The van der Waals surface area contributed by atoms with Gasteiger partial charge >= 0.3 is 0 Å². The van der Waals surface area contributed by atoms with Crippen LogP contribution in [0.5, 0.6) is 0 Å². The van der Waals surface area contributed by atoms with E-state index in [0.29, 0.717) is 12.1 Å². The van der Waals surface area contributed by atoms with Crippen molar-refractivity contribution in [2.75, 3.05) is 5.32 Å². The first-order valence-corrected chi connectivity index (χ1v) is 6.74. The lowest BCUT2D eigenvalue weighted by Crippen LogP contribution is -2.14. The zero-order valence-corrected chi connectivity index (χ0v) is 11.8. The lowest BCUT2D eigenvalue weighted by atomic mass is 9.97. The van der Waals surface area contributed by atoms with Gasteiger partial charge in [-0.15, -0.1) is 0 Å². The van der Waals surface area contributed by atoms with Crippen LogP contribution in [-0.4, -0.2) is 5.91 Å². The molecule has 1 atom stereocenters. The number of carbonyl (C=O) groups excluding carboxylic acids is 1. The van der Waals surface area contributed by atoms with E-state index in [1.54, 1.807) is 0 Å². The predicted molar refractivity (Wildman–Crippen MR) is 79.5 cm³/mol. The third-order valence-corrected chi connectivity index (χ3v) is 3.35. The van der Waals surface area contributed by atoms with Crippen molar-refractivity contribution >= 4 is 23.2 Å². The SMILES string of the molecule is C[C@@H](CC(=O)Nc1ccc(F)c(Cl)c1)c1ccccc1. The molecule has 0 saturated carbocycles. The van der Waals surface area contributed by atoms with Crippen LogP contribution in [0.15, 0.2) is 48.5 Å². The Labute approximate surface area is 122 Å². The molecule has 1 amide bonds. The molecule has 2 rings (SSSR count). The quantitative estimate of drug-likeness (QED) is 0.875. The van der Waals surface area contributed by atoms with Gasteiger partial charge in [-0.3, -0.25) is 4.79 Å². The van der Waals surface area contributed by atoms with Crippen molar-refractivity contribution < 1.29 is 9.18 Å². The second-order valence-corrected chi connectivity index (χ2v) is 5.10. The average molecular weight is 292 g/mol. The summed E-state index contributed by atoms with van der Waals surface area (Å²) in [6.07, 6.45) is 0.360. The van der Waals surface area contributed by atoms with Crippen molar-refractivity contribution in [3.05, 3.63) is 64.9 Å². The maximum absolute atomic E-state index is 13.0. The third-order valence-electron chi connectivity index (χ3n) is 3.06. The molecule has 2 nitrogen and oxygen atoms in total. The third kappa shape index (κ3) is 3.81. The molecule has 2 aromatic carbocycles. The monoisotopic (exact) mass is 291 g/mol. The van der Waals surface area contributed by atoms with Gasteiger partial charge in [0, 0.05) is 12.1 Å². The van der Waals surface area contributed by atoms with Gasteiger partial charge in [-0.05, 0) is 29.7 Å². The van der Waals surface area contributed by atoms with E-state index in [1.807, 2.05) is 37.3 Å². The van der Waals surface area contributed by atoms with Crippen LogP contribution in [0.2, 0.25) is 5.02 Å².